The van der Waals surface area contributed by atoms with Gasteiger partial charge in [-0.25, -0.2) is 4.98 Å². The number of benzene rings is 1. The maximum atomic E-state index is 4.30. The number of nitrogens with one attached hydrogen (secondary N) is 1. The minimum Gasteiger partial charge on any atom is -0.312 e. The molecule has 1 aromatic heterocycles. The quantitative estimate of drug-likeness (QED) is 0.857. The van der Waals surface area contributed by atoms with Crippen LogP contribution in [-0.4, -0.2) is 11.5 Å². The van der Waals surface area contributed by atoms with Crippen molar-refractivity contribution in [3.8, 4) is 0 Å². The lowest BCUT2D eigenvalue weighted by Crippen LogP contribution is -2.19. The van der Waals surface area contributed by atoms with Gasteiger partial charge in [0, 0.05) is 23.0 Å². The van der Waals surface area contributed by atoms with Gasteiger partial charge in [0.2, 0.25) is 0 Å². The molecule has 0 atom stereocenters. The summed E-state index contributed by atoms with van der Waals surface area (Å²) in [6, 6.07) is 6.66. The lowest BCUT2D eigenvalue weighted by Gasteiger charge is -2.10. The van der Waals surface area contributed by atoms with Crippen molar-refractivity contribution in [2.45, 2.75) is 36.6 Å². The van der Waals surface area contributed by atoms with Gasteiger partial charge in [-0.15, -0.1) is 11.3 Å². The molecule has 2 aromatic rings. The van der Waals surface area contributed by atoms with E-state index in [4.69, 9.17) is 0 Å². The first-order valence-corrected chi connectivity index (χ1v) is 8.22. The van der Waals surface area contributed by atoms with Gasteiger partial charge in [-0.3, -0.25) is 0 Å². The van der Waals surface area contributed by atoms with Gasteiger partial charge in [0.25, 0.3) is 0 Å². The summed E-state index contributed by atoms with van der Waals surface area (Å²) in [5.74, 6) is 0.694. The van der Waals surface area contributed by atoms with E-state index in [2.05, 4.69) is 49.3 Å². The molecule has 1 aromatic carbocycles. The Bertz CT molecular complexity index is 507. The molecule has 0 aliphatic rings. The molecule has 2 rings (SSSR count). The number of hydrogen-bond acceptors (Lipinski definition) is 4. The number of aromatic nitrogens is 1. The van der Waals surface area contributed by atoms with E-state index in [1.54, 1.807) is 23.1 Å². The van der Waals surface area contributed by atoms with Crippen LogP contribution in [0.4, 0.5) is 0 Å². The van der Waals surface area contributed by atoms with Crippen LogP contribution in [0.25, 0.3) is 0 Å². The molecule has 4 heteroatoms. The number of rotatable bonds is 6. The highest BCUT2D eigenvalue weighted by molar-refractivity contribution is 8.01. The number of thiazole rings is 1. The van der Waals surface area contributed by atoms with Gasteiger partial charge < -0.3 is 5.32 Å². The molecule has 0 saturated carbocycles. The summed E-state index contributed by atoms with van der Waals surface area (Å²) in [5, 5.41) is 5.50. The van der Waals surface area contributed by atoms with E-state index in [1.165, 1.54) is 16.0 Å². The molecule has 1 N–H and O–H groups in total. The lowest BCUT2D eigenvalue weighted by molar-refractivity contribution is 0.551. The highest BCUT2D eigenvalue weighted by Gasteiger charge is 2.04. The van der Waals surface area contributed by atoms with E-state index in [-0.39, 0.29) is 0 Å². The minimum atomic E-state index is 0.694. The monoisotopic (exact) mass is 292 g/mol. The fraction of sp³-hybridized carbons (Fsp3) is 0.400. The lowest BCUT2D eigenvalue weighted by atomic mass is 10.1. The zero-order valence-corrected chi connectivity index (χ0v) is 13.3. The Morgan fingerprint density at radius 1 is 1.37 bits per heavy atom. The average molecular weight is 292 g/mol. The number of aryl methyl sites for hydroxylation is 1. The first kappa shape index (κ1) is 14.6. The maximum Gasteiger partial charge on any atom is 0.154 e. The summed E-state index contributed by atoms with van der Waals surface area (Å²) in [5.41, 5.74) is 2.72. The van der Waals surface area contributed by atoms with E-state index in [0.29, 0.717) is 5.92 Å². The van der Waals surface area contributed by atoms with Crippen LogP contribution in [0.1, 0.15) is 25.0 Å². The van der Waals surface area contributed by atoms with Gasteiger partial charge in [-0.1, -0.05) is 31.7 Å². The maximum absolute atomic E-state index is 4.30. The summed E-state index contributed by atoms with van der Waals surface area (Å²) >= 11 is 3.42. The molecule has 0 unspecified atom stereocenters. The fourth-order valence-corrected chi connectivity index (χ4v) is 3.48. The van der Waals surface area contributed by atoms with Crippen LogP contribution < -0.4 is 5.32 Å². The Labute approximate surface area is 123 Å². The van der Waals surface area contributed by atoms with Crippen molar-refractivity contribution in [1.82, 2.24) is 10.3 Å². The summed E-state index contributed by atoms with van der Waals surface area (Å²) < 4.78 is 1.10. The van der Waals surface area contributed by atoms with Gasteiger partial charge in [0.1, 0.15) is 0 Å². The Morgan fingerprint density at radius 3 is 2.84 bits per heavy atom. The molecule has 0 aliphatic carbocycles. The van der Waals surface area contributed by atoms with Crippen LogP contribution in [0.3, 0.4) is 0 Å². The van der Waals surface area contributed by atoms with Crippen LogP contribution in [0.5, 0.6) is 0 Å². The van der Waals surface area contributed by atoms with Crippen molar-refractivity contribution >= 4 is 23.1 Å². The third kappa shape index (κ3) is 4.64. The van der Waals surface area contributed by atoms with E-state index < -0.39 is 0 Å². The minimum absolute atomic E-state index is 0.694. The smallest absolute Gasteiger partial charge is 0.154 e. The Morgan fingerprint density at radius 2 is 2.21 bits per heavy atom. The number of nitrogens with zero attached hydrogens (tertiary/aromatic N) is 1. The summed E-state index contributed by atoms with van der Waals surface area (Å²) in [6.45, 7) is 8.65. The fourth-order valence-electron chi connectivity index (χ4n) is 1.79. The zero-order chi connectivity index (χ0) is 13.7. The average Bonchev–Trinajstić information content (AvgIpc) is 2.84. The molecule has 0 fully saturated rings. The molecule has 0 aliphatic heterocycles. The van der Waals surface area contributed by atoms with Crippen LogP contribution in [-0.2, 0) is 6.54 Å². The van der Waals surface area contributed by atoms with Gasteiger partial charge >= 0.3 is 0 Å². The van der Waals surface area contributed by atoms with Crippen LogP contribution >= 0.6 is 23.1 Å². The Hall–Kier alpha value is -0.840. The van der Waals surface area contributed by atoms with Crippen LogP contribution in [0.2, 0.25) is 0 Å². The molecular formula is C15H20N2S2. The molecule has 0 spiro atoms. The molecule has 102 valence electrons. The molecule has 0 radical (unpaired) electrons. The zero-order valence-electron chi connectivity index (χ0n) is 11.6. The van der Waals surface area contributed by atoms with Gasteiger partial charge in [0.05, 0.1) is 0 Å². The normalized spacial score (nSPS) is 11.2. The van der Waals surface area contributed by atoms with E-state index in [0.717, 1.165) is 17.4 Å². The largest absolute Gasteiger partial charge is 0.312 e. The van der Waals surface area contributed by atoms with Crippen molar-refractivity contribution in [3.05, 3.63) is 40.9 Å². The second-order valence-corrected chi connectivity index (χ2v) is 7.23. The van der Waals surface area contributed by atoms with Crippen molar-refractivity contribution < 1.29 is 0 Å². The molecule has 0 bridgehead atoms. The standard InChI is InChI=1S/C15H20N2S2/c1-11(2)9-16-10-13-4-5-14(8-12(13)3)19-15-17-6-7-18-15/h4-8,11,16H,9-10H2,1-3H3. The van der Waals surface area contributed by atoms with E-state index in [9.17, 15) is 0 Å². The number of hydrogen-bond donors (Lipinski definition) is 1. The second kappa shape index (κ2) is 7.08. The van der Waals surface area contributed by atoms with E-state index in [1.807, 2.05) is 11.6 Å². The van der Waals surface area contributed by atoms with Crippen LogP contribution in [0.15, 0.2) is 39.0 Å². The third-order valence-electron chi connectivity index (χ3n) is 2.80. The molecule has 0 amide bonds. The highest BCUT2D eigenvalue weighted by Crippen LogP contribution is 2.30. The van der Waals surface area contributed by atoms with Crippen LogP contribution in [0, 0.1) is 12.8 Å². The molecule has 19 heavy (non-hydrogen) atoms. The van der Waals surface area contributed by atoms with Crippen molar-refractivity contribution in [1.29, 1.82) is 0 Å². The third-order valence-corrected chi connectivity index (χ3v) is 4.67. The van der Waals surface area contributed by atoms with Gasteiger partial charge in [-0.2, -0.15) is 0 Å². The highest BCUT2D eigenvalue weighted by atomic mass is 32.2. The summed E-state index contributed by atoms with van der Waals surface area (Å²) in [6.07, 6.45) is 1.85. The Kier molecular flexibility index (Phi) is 5.43. The van der Waals surface area contributed by atoms with Gasteiger partial charge in [-0.05, 0) is 42.6 Å². The summed E-state index contributed by atoms with van der Waals surface area (Å²) in [7, 11) is 0. The molecule has 2 nitrogen and oxygen atoms in total. The van der Waals surface area contributed by atoms with Crippen molar-refractivity contribution in [3.63, 3.8) is 0 Å². The predicted molar refractivity (Wildman–Crippen MR) is 84.0 cm³/mol. The SMILES string of the molecule is Cc1cc(Sc2nccs2)ccc1CNCC(C)C. The second-order valence-electron chi connectivity index (χ2n) is 5.01. The first-order chi connectivity index (χ1) is 9.15. The van der Waals surface area contributed by atoms with Crippen molar-refractivity contribution in [2.24, 2.45) is 5.92 Å². The predicted octanol–water partition coefficient (Wildman–Crippen LogP) is 4.35. The van der Waals surface area contributed by atoms with Crippen molar-refractivity contribution in [2.75, 3.05) is 6.54 Å². The topological polar surface area (TPSA) is 24.9 Å². The molecular weight excluding hydrogens is 272 g/mol. The Balaban J connectivity index is 1.96. The first-order valence-electron chi connectivity index (χ1n) is 6.52. The summed E-state index contributed by atoms with van der Waals surface area (Å²) in [4.78, 5) is 5.57. The molecule has 1 heterocycles. The van der Waals surface area contributed by atoms with Gasteiger partial charge in [0.15, 0.2) is 4.34 Å². The molecule has 0 saturated heterocycles. The van der Waals surface area contributed by atoms with E-state index >= 15 is 0 Å².